The van der Waals surface area contributed by atoms with Gasteiger partial charge in [0, 0.05) is 26.1 Å². The minimum atomic E-state index is -3.93. The molecule has 56 heavy (non-hydrogen) atoms. The number of allylic oxidation sites excluding steroid dienone is 1. The summed E-state index contributed by atoms with van der Waals surface area (Å²) < 4.78 is 45.8. The van der Waals surface area contributed by atoms with Crippen LogP contribution in [0.15, 0.2) is 11.6 Å². The van der Waals surface area contributed by atoms with Crippen LogP contribution in [0.25, 0.3) is 0 Å². The van der Waals surface area contributed by atoms with Crippen molar-refractivity contribution in [1.29, 1.82) is 10.8 Å². The average molecular weight is 812 g/mol. The van der Waals surface area contributed by atoms with Crippen molar-refractivity contribution in [2.24, 2.45) is 57.8 Å². The Kier molecular flexibility index (Phi) is 18.3. The maximum Gasteiger partial charge on any atom is 0.474 e. The molecule has 0 bridgehead atoms. The van der Waals surface area contributed by atoms with E-state index in [1.54, 1.807) is 0 Å². The number of amides is 1. The van der Waals surface area contributed by atoms with Gasteiger partial charge in [0.15, 0.2) is 11.9 Å². The lowest BCUT2D eigenvalue weighted by atomic mass is 9.47. The molecule has 0 aromatic carbocycles. The van der Waals surface area contributed by atoms with Gasteiger partial charge in [0.05, 0.1) is 46.2 Å². The number of carbonyl (C=O) groups excluding carboxylic acids is 1. The minimum Gasteiger partial charge on any atom is -0.446 e. The quantitative estimate of drug-likeness (QED) is 0.0188. The number of fused-ring (bicyclic) bond motifs is 5. The van der Waals surface area contributed by atoms with E-state index >= 15 is 0 Å². The Labute approximate surface area is 335 Å². The molecular formula is C40H74N7O8P. The van der Waals surface area contributed by atoms with E-state index in [9.17, 15) is 9.36 Å². The first-order valence-corrected chi connectivity index (χ1v) is 22.6. The molecule has 0 aliphatic heterocycles. The molecule has 16 heteroatoms. The molecule has 9 N–H and O–H groups in total. The smallest absolute Gasteiger partial charge is 0.446 e. The molecule has 1 amide bonds. The number of ether oxygens (including phenoxy) is 3. The molecule has 3 fully saturated rings. The van der Waals surface area contributed by atoms with E-state index in [0.29, 0.717) is 25.2 Å². The van der Waals surface area contributed by atoms with Gasteiger partial charge in [-0.05, 0) is 91.3 Å². The molecule has 15 nitrogen and oxygen atoms in total. The Morgan fingerprint density at radius 3 is 2.11 bits per heavy atom. The summed E-state index contributed by atoms with van der Waals surface area (Å²) in [6.07, 6.45) is 15.7. The van der Waals surface area contributed by atoms with Crippen molar-refractivity contribution in [1.82, 2.24) is 16.0 Å². The first kappa shape index (κ1) is 46.3. The van der Waals surface area contributed by atoms with E-state index in [4.69, 9.17) is 50.1 Å². The highest BCUT2D eigenvalue weighted by molar-refractivity contribution is 7.48. The predicted molar refractivity (Wildman–Crippen MR) is 218 cm³/mol. The normalized spacial score (nSPS) is 29.9. The number of phosphoric ester groups is 1. The van der Waals surface area contributed by atoms with Gasteiger partial charge in [-0.2, -0.15) is 0 Å². The molecule has 0 heterocycles. The monoisotopic (exact) mass is 812 g/mol. The number of alkyl carbamates (subject to hydrolysis) is 1. The largest absolute Gasteiger partial charge is 0.474 e. The third-order valence-corrected chi connectivity index (χ3v) is 14.7. The summed E-state index contributed by atoms with van der Waals surface area (Å²) in [7, 11) is -3.93. The summed E-state index contributed by atoms with van der Waals surface area (Å²) in [6.45, 7) is 13.8. The van der Waals surface area contributed by atoms with Crippen molar-refractivity contribution in [3.8, 4) is 0 Å². The highest BCUT2D eigenvalue weighted by atomic mass is 31.2. The summed E-state index contributed by atoms with van der Waals surface area (Å²) in [5.41, 5.74) is 12.7. The van der Waals surface area contributed by atoms with Crippen LogP contribution in [0.2, 0.25) is 0 Å². The number of rotatable bonds is 24. The standard InChI is InChI=1S/C40H74N7O8P/c1-28(2)7-6-8-29(3)33-11-12-34-32-10-9-30-27-31(13-15-39(30,4)35(32)14-16-40(33,34)5)55-38(48)47-17-20-50-23-24-51-25-26-54-56(49,52-21-18-45-36(41)42)53-22-19-46-37(43)44/h9,28-29,31-35H,6-8,10-27H2,1-5H3,(H,47,48)(H4,41,42,45)(H4,43,44,46). The minimum absolute atomic E-state index is 0.0676. The first-order chi connectivity index (χ1) is 26.7. The number of hydrogen-bond donors (Lipinski definition) is 7. The Bertz CT molecular complexity index is 1330. The summed E-state index contributed by atoms with van der Waals surface area (Å²) >= 11 is 0. The summed E-state index contributed by atoms with van der Waals surface area (Å²) in [4.78, 5) is 12.7. The molecule has 0 aromatic heterocycles. The molecule has 4 aliphatic carbocycles. The van der Waals surface area contributed by atoms with Gasteiger partial charge in [-0.3, -0.25) is 24.4 Å². The third-order valence-electron chi connectivity index (χ3n) is 13.2. The maximum absolute atomic E-state index is 12.9. The Morgan fingerprint density at radius 1 is 0.821 bits per heavy atom. The van der Waals surface area contributed by atoms with Crippen LogP contribution in [0.3, 0.4) is 0 Å². The zero-order chi connectivity index (χ0) is 40.8. The van der Waals surface area contributed by atoms with Crippen molar-refractivity contribution in [2.75, 3.05) is 65.9 Å². The summed E-state index contributed by atoms with van der Waals surface area (Å²) in [6, 6.07) is 0. The molecule has 4 rings (SSSR count). The van der Waals surface area contributed by atoms with Crippen molar-refractivity contribution < 1.29 is 37.1 Å². The van der Waals surface area contributed by atoms with Crippen LogP contribution < -0.4 is 27.4 Å². The Morgan fingerprint density at radius 2 is 1.45 bits per heavy atom. The van der Waals surface area contributed by atoms with Gasteiger partial charge in [-0.1, -0.05) is 65.5 Å². The lowest BCUT2D eigenvalue weighted by molar-refractivity contribution is -0.0581. The van der Waals surface area contributed by atoms with Crippen molar-refractivity contribution in [3.63, 3.8) is 0 Å². The third kappa shape index (κ3) is 13.3. The molecule has 322 valence electrons. The van der Waals surface area contributed by atoms with Gasteiger partial charge >= 0.3 is 13.9 Å². The fraction of sp³-hybridized carbons (Fsp3) is 0.875. The van der Waals surface area contributed by atoms with Gasteiger partial charge in [-0.25, -0.2) is 9.36 Å². The van der Waals surface area contributed by atoms with Crippen LogP contribution in [0.1, 0.15) is 105 Å². The number of hydrogen-bond acceptors (Lipinski definition) is 10. The van der Waals surface area contributed by atoms with Crippen LogP contribution >= 0.6 is 7.82 Å². The van der Waals surface area contributed by atoms with Crippen molar-refractivity contribution in [3.05, 3.63) is 11.6 Å². The second kappa shape index (κ2) is 22.1. The average Bonchev–Trinajstić information content (AvgIpc) is 3.50. The molecular weight excluding hydrogens is 737 g/mol. The van der Waals surface area contributed by atoms with Gasteiger partial charge in [0.25, 0.3) is 0 Å². The van der Waals surface area contributed by atoms with Crippen molar-refractivity contribution in [2.45, 2.75) is 111 Å². The van der Waals surface area contributed by atoms with Crippen LogP contribution in [-0.2, 0) is 32.3 Å². The predicted octanol–water partition coefficient (Wildman–Crippen LogP) is 6.28. The zero-order valence-electron chi connectivity index (χ0n) is 34.8. The first-order valence-electron chi connectivity index (χ1n) is 21.2. The van der Waals surface area contributed by atoms with E-state index in [1.165, 1.54) is 56.9 Å². The summed E-state index contributed by atoms with van der Waals surface area (Å²) in [5.74, 6) is 4.36. The number of nitrogens with one attached hydrogen (secondary N) is 5. The van der Waals surface area contributed by atoms with Gasteiger partial charge < -0.3 is 41.6 Å². The number of carbonyl (C=O) groups is 1. The molecule has 3 saturated carbocycles. The molecule has 0 aromatic rings. The zero-order valence-corrected chi connectivity index (χ0v) is 35.7. The van der Waals surface area contributed by atoms with Gasteiger partial charge in [0.2, 0.25) is 0 Å². The highest BCUT2D eigenvalue weighted by Gasteiger charge is 2.59. The van der Waals surface area contributed by atoms with E-state index in [0.717, 1.165) is 54.8 Å². The fourth-order valence-corrected chi connectivity index (χ4v) is 11.7. The molecule has 0 spiro atoms. The van der Waals surface area contributed by atoms with E-state index < -0.39 is 13.9 Å². The Balaban J connectivity index is 1.09. The van der Waals surface area contributed by atoms with E-state index in [-0.39, 0.29) is 69.6 Å². The van der Waals surface area contributed by atoms with Crippen LogP contribution in [0.5, 0.6) is 0 Å². The topological polar surface area (TPSA) is 225 Å². The van der Waals surface area contributed by atoms with Crippen LogP contribution in [-0.4, -0.2) is 90.0 Å². The lowest BCUT2D eigenvalue weighted by Gasteiger charge is -2.58. The maximum atomic E-state index is 12.9. The van der Waals surface area contributed by atoms with Gasteiger partial charge in [-0.15, -0.1) is 0 Å². The number of phosphoric acid groups is 1. The highest BCUT2D eigenvalue weighted by Crippen LogP contribution is 2.67. The number of guanidine groups is 2. The second-order valence-corrected chi connectivity index (χ2v) is 19.0. The second-order valence-electron chi connectivity index (χ2n) is 17.3. The van der Waals surface area contributed by atoms with E-state index in [2.05, 4.69) is 56.6 Å². The lowest BCUT2D eigenvalue weighted by Crippen LogP contribution is -2.51. The SMILES string of the molecule is CC(C)CCCC(C)C1CCC2C3CC=C4CC(OC(=O)NCCOCCOCCOP(=O)(OCCNC(=N)N)OCCNC(=N)N)CCC4(C)C3CCC12C. The fourth-order valence-electron chi connectivity index (χ4n) is 10.5. The van der Waals surface area contributed by atoms with Gasteiger partial charge in [0.1, 0.15) is 6.10 Å². The molecule has 8 atom stereocenters. The molecule has 4 aliphatic rings. The summed E-state index contributed by atoms with van der Waals surface area (Å²) in [5, 5.41) is 22.3. The van der Waals surface area contributed by atoms with Crippen LogP contribution in [0, 0.1) is 57.2 Å². The Hall–Kier alpha value is -2.42. The molecule has 0 saturated heterocycles. The molecule has 0 radical (unpaired) electrons. The van der Waals surface area contributed by atoms with Crippen molar-refractivity contribution >= 4 is 25.8 Å². The molecule has 8 unspecified atom stereocenters. The number of nitrogens with two attached hydrogens (primary N) is 2. The van der Waals surface area contributed by atoms with Crippen LogP contribution in [0.4, 0.5) is 4.79 Å². The van der Waals surface area contributed by atoms with E-state index in [1.807, 2.05) is 0 Å².